The summed E-state index contributed by atoms with van der Waals surface area (Å²) in [6.45, 7) is 9.56. The van der Waals surface area contributed by atoms with Crippen molar-refractivity contribution in [2.75, 3.05) is 5.32 Å². The molecule has 0 spiro atoms. The molecule has 1 amide bonds. The highest BCUT2D eigenvalue weighted by molar-refractivity contribution is 5.95. The van der Waals surface area contributed by atoms with Crippen LogP contribution in [0.4, 0.5) is 5.69 Å². The van der Waals surface area contributed by atoms with Crippen LogP contribution >= 0.6 is 0 Å². The summed E-state index contributed by atoms with van der Waals surface area (Å²) in [6.07, 6.45) is 0.788. The van der Waals surface area contributed by atoms with Crippen molar-refractivity contribution >= 4 is 11.6 Å². The molecule has 1 heterocycles. The van der Waals surface area contributed by atoms with Crippen LogP contribution in [0.2, 0.25) is 0 Å². The Balaban J connectivity index is 2.15. The van der Waals surface area contributed by atoms with Crippen molar-refractivity contribution in [1.29, 1.82) is 0 Å². The Morgan fingerprint density at radius 1 is 1.26 bits per heavy atom. The molecule has 19 heavy (non-hydrogen) atoms. The van der Waals surface area contributed by atoms with E-state index >= 15 is 0 Å². The summed E-state index contributed by atoms with van der Waals surface area (Å²) in [5.74, 6) is 0.733. The van der Waals surface area contributed by atoms with Crippen molar-refractivity contribution in [2.45, 2.75) is 46.8 Å². The van der Waals surface area contributed by atoms with Gasteiger partial charge >= 0.3 is 0 Å². The van der Waals surface area contributed by atoms with Crippen LogP contribution in [0.1, 0.15) is 41.0 Å². The molecule has 0 unspecified atom stereocenters. The predicted octanol–water partition coefficient (Wildman–Crippen LogP) is 3.57. The van der Waals surface area contributed by atoms with Crippen LogP contribution < -0.4 is 14.8 Å². The maximum atomic E-state index is 12.1. The van der Waals surface area contributed by atoms with Crippen molar-refractivity contribution in [3.63, 3.8) is 0 Å². The average molecular weight is 263 g/mol. The molecule has 1 N–H and O–H groups in total. The fourth-order valence-electron chi connectivity index (χ4n) is 1.76. The van der Waals surface area contributed by atoms with E-state index in [0.717, 1.165) is 12.1 Å². The van der Waals surface area contributed by atoms with Crippen LogP contribution in [0.5, 0.6) is 11.5 Å². The zero-order valence-electron chi connectivity index (χ0n) is 12.2. The normalized spacial score (nSPS) is 16.3. The number of anilines is 1. The van der Waals surface area contributed by atoms with Gasteiger partial charge in [0.2, 0.25) is 11.7 Å². The minimum absolute atomic E-state index is 0.00752. The second-order valence-electron chi connectivity index (χ2n) is 5.96. The molecule has 0 radical (unpaired) electrons. The third kappa shape index (κ3) is 2.83. The van der Waals surface area contributed by atoms with Gasteiger partial charge in [0, 0.05) is 31.0 Å². The molecule has 0 saturated heterocycles. The SMILES string of the molecule is CCC(C)(C)C(=O)Nc1ccc2c(c1)OC(C)(C)O2. The van der Waals surface area contributed by atoms with Gasteiger partial charge in [0.15, 0.2) is 11.5 Å². The van der Waals surface area contributed by atoms with Crippen LogP contribution in [0.25, 0.3) is 0 Å². The fourth-order valence-corrected chi connectivity index (χ4v) is 1.76. The fraction of sp³-hybridized carbons (Fsp3) is 0.533. The molecular formula is C15H21NO3. The van der Waals surface area contributed by atoms with Gasteiger partial charge < -0.3 is 14.8 Å². The molecule has 1 aliphatic heterocycles. The van der Waals surface area contributed by atoms with Crippen LogP contribution in [0.3, 0.4) is 0 Å². The topological polar surface area (TPSA) is 47.6 Å². The Hall–Kier alpha value is -1.71. The van der Waals surface area contributed by atoms with Crippen molar-refractivity contribution in [3.05, 3.63) is 18.2 Å². The van der Waals surface area contributed by atoms with E-state index in [4.69, 9.17) is 9.47 Å². The van der Waals surface area contributed by atoms with Gasteiger partial charge in [-0.1, -0.05) is 20.8 Å². The zero-order valence-corrected chi connectivity index (χ0v) is 12.2. The second kappa shape index (κ2) is 4.44. The van der Waals surface area contributed by atoms with Crippen LogP contribution in [-0.4, -0.2) is 11.7 Å². The Morgan fingerprint density at radius 2 is 1.89 bits per heavy atom. The first-order valence-corrected chi connectivity index (χ1v) is 6.57. The number of benzene rings is 1. The van der Waals surface area contributed by atoms with E-state index in [1.54, 1.807) is 6.07 Å². The van der Waals surface area contributed by atoms with Gasteiger partial charge in [-0.2, -0.15) is 0 Å². The number of hydrogen-bond donors (Lipinski definition) is 1. The Morgan fingerprint density at radius 3 is 2.53 bits per heavy atom. The minimum atomic E-state index is -0.645. The maximum absolute atomic E-state index is 12.1. The highest BCUT2D eigenvalue weighted by atomic mass is 16.7. The molecule has 0 aliphatic carbocycles. The Kier molecular flexibility index (Phi) is 3.20. The van der Waals surface area contributed by atoms with Crippen molar-refractivity contribution < 1.29 is 14.3 Å². The molecule has 2 rings (SSSR count). The summed E-state index contributed by atoms with van der Waals surface area (Å²) in [6, 6.07) is 5.44. The number of carbonyl (C=O) groups excluding carboxylic acids is 1. The molecule has 1 aromatic rings. The molecule has 4 heteroatoms. The van der Waals surface area contributed by atoms with Gasteiger partial charge in [-0.3, -0.25) is 4.79 Å². The maximum Gasteiger partial charge on any atom is 0.246 e. The lowest BCUT2D eigenvalue weighted by molar-refractivity contribution is -0.124. The third-order valence-corrected chi connectivity index (χ3v) is 3.41. The van der Waals surface area contributed by atoms with E-state index < -0.39 is 5.79 Å². The third-order valence-electron chi connectivity index (χ3n) is 3.41. The van der Waals surface area contributed by atoms with E-state index in [2.05, 4.69) is 5.32 Å². The van der Waals surface area contributed by atoms with E-state index in [1.165, 1.54) is 0 Å². The lowest BCUT2D eigenvalue weighted by Gasteiger charge is -2.21. The van der Waals surface area contributed by atoms with Crippen LogP contribution in [0, 0.1) is 5.41 Å². The van der Waals surface area contributed by atoms with Gasteiger partial charge in [-0.15, -0.1) is 0 Å². The van der Waals surface area contributed by atoms with E-state index in [-0.39, 0.29) is 11.3 Å². The van der Waals surface area contributed by atoms with Crippen LogP contribution in [-0.2, 0) is 4.79 Å². The van der Waals surface area contributed by atoms with Gasteiger partial charge in [-0.05, 0) is 18.6 Å². The van der Waals surface area contributed by atoms with E-state index in [1.807, 2.05) is 46.8 Å². The zero-order chi connectivity index (χ0) is 14.3. The molecule has 0 fully saturated rings. The molecule has 0 aromatic heterocycles. The van der Waals surface area contributed by atoms with Gasteiger partial charge in [0.1, 0.15) is 0 Å². The molecule has 0 bridgehead atoms. The minimum Gasteiger partial charge on any atom is -0.449 e. The van der Waals surface area contributed by atoms with Crippen molar-refractivity contribution in [1.82, 2.24) is 0 Å². The first-order valence-electron chi connectivity index (χ1n) is 6.57. The number of ether oxygens (including phenoxy) is 2. The highest BCUT2D eigenvalue weighted by Crippen LogP contribution is 2.40. The number of fused-ring (bicyclic) bond motifs is 1. The van der Waals surface area contributed by atoms with Crippen molar-refractivity contribution in [3.8, 4) is 11.5 Å². The monoisotopic (exact) mass is 263 g/mol. The first-order chi connectivity index (χ1) is 8.73. The first kappa shape index (κ1) is 13.7. The van der Waals surface area contributed by atoms with E-state index in [9.17, 15) is 4.79 Å². The summed E-state index contributed by atoms with van der Waals surface area (Å²) < 4.78 is 11.3. The highest BCUT2D eigenvalue weighted by Gasteiger charge is 2.32. The molecule has 1 aliphatic rings. The molecule has 0 saturated carbocycles. The number of rotatable bonds is 3. The van der Waals surface area contributed by atoms with Gasteiger partial charge in [-0.25, -0.2) is 0 Å². The average Bonchev–Trinajstić information content (AvgIpc) is 2.62. The molecule has 0 atom stereocenters. The second-order valence-corrected chi connectivity index (χ2v) is 5.96. The Bertz CT molecular complexity index is 506. The summed E-state index contributed by atoms with van der Waals surface area (Å²) in [5, 5.41) is 2.92. The van der Waals surface area contributed by atoms with Gasteiger partial charge in [0.05, 0.1) is 0 Å². The molecule has 1 aromatic carbocycles. The van der Waals surface area contributed by atoms with Crippen molar-refractivity contribution in [2.24, 2.45) is 5.41 Å². The smallest absolute Gasteiger partial charge is 0.246 e. The number of carbonyl (C=O) groups is 1. The largest absolute Gasteiger partial charge is 0.449 e. The van der Waals surface area contributed by atoms with Gasteiger partial charge in [0.25, 0.3) is 0 Å². The van der Waals surface area contributed by atoms with E-state index in [0.29, 0.717) is 11.5 Å². The standard InChI is InChI=1S/C15H21NO3/c1-6-14(2,3)13(17)16-10-7-8-11-12(9-10)19-15(4,5)18-11/h7-9H,6H2,1-5H3,(H,16,17). The number of nitrogens with one attached hydrogen (secondary N) is 1. The quantitative estimate of drug-likeness (QED) is 0.907. The lowest BCUT2D eigenvalue weighted by atomic mass is 9.89. The lowest BCUT2D eigenvalue weighted by Crippen LogP contribution is -2.30. The Labute approximate surface area is 114 Å². The summed E-state index contributed by atoms with van der Waals surface area (Å²) in [5.41, 5.74) is 0.349. The number of amides is 1. The van der Waals surface area contributed by atoms with Crippen LogP contribution in [0.15, 0.2) is 18.2 Å². The molecule has 4 nitrogen and oxygen atoms in total. The number of hydrogen-bond acceptors (Lipinski definition) is 3. The molecular weight excluding hydrogens is 242 g/mol. The summed E-state index contributed by atoms with van der Waals surface area (Å²) in [7, 11) is 0. The summed E-state index contributed by atoms with van der Waals surface area (Å²) in [4.78, 5) is 12.1. The molecule has 104 valence electrons. The predicted molar refractivity (Wildman–Crippen MR) is 74.5 cm³/mol. The summed E-state index contributed by atoms with van der Waals surface area (Å²) >= 11 is 0.